The molecule has 2 rings (SSSR count). The summed E-state index contributed by atoms with van der Waals surface area (Å²) in [7, 11) is 0. The topological polar surface area (TPSA) is 57.2 Å². The molecule has 2 saturated heterocycles. The maximum atomic E-state index is 12.7. The minimum absolute atomic E-state index is 0. The van der Waals surface area contributed by atoms with E-state index >= 15 is 0 Å². The first-order chi connectivity index (χ1) is 11.8. The van der Waals surface area contributed by atoms with E-state index in [1.807, 2.05) is 4.90 Å². The van der Waals surface area contributed by atoms with Crippen LogP contribution < -0.4 is 5.32 Å². The molecule has 2 aliphatic rings. The highest BCUT2D eigenvalue weighted by atomic mass is 127. The maximum absolute atomic E-state index is 12.7. The number of nitrogens with one attached hydrogen (secondary N) is 1. The molecule has 2 aliphatic heterocycles. The predicted octanol–water partition coefficient (Wildman–Crippen LogP) is 2.72. The van der Waals surface area contributed by atoms with E-state index in [1.165, 1.54) is 0 Å². The van der Waals surface area contributed by atoms with Crippen molar-refractivity contribution in [3.8, 4) is 0 Å². The quantitative estimate of drug-likeness (QED) is 0.374. The smallest absolute Gasteiger partial charge is 0.242 e. The number of piperazine rings is 1. The lowest BCUT2D eigenvalue weighted by atomic mass is 9.96. The molecule has 2 fully saturated rings. The maximum Gasteiger partial charge on any atom is 0.242 e. The van der Waals surface area contributed by atoms with Crippen LogP contribution in [0, 0.1) is 5.92 Å². The lowest BCUT2D eigenvalue weighted by Crippen LogP contribution is -2.66. The van der Waals surface area contributed by atoms with Crippen LogP contribution in [0.1, 0.15) is 53.9 Å². The Morgan fingerprint density at radius 2 is 2.00 bits per heavy atom. The molecule has 0 saturated carbocycles. The van der Waals surface area contributed by atoms with Crippen LogP contribution in [0.5, 0.6) is 0 Å². The fraction of sp³-hybridized carbons (Fsp3) is 0.895. The molecule has 152 valence electrons. The van der Waals surface area contributed by atoms with E-state index in [9.17, 15) is 4.79 Å². The summed E-state index contributed by atoms with van der Waals surface area (Å²) in [5, 5.41) is 3.37. The predicted molar refractivity (Wildman–Crippen MR) is 117 cm³/mol. The molecule has 0 bridgehead atoms. The van der Waals surface area contributed by atoms with Crippen LogP contribution >= 0.6 is 24.0 Å². The zero-order valence-corrected chi connectivity index (χ0v) is 19.4. The van der Waals surface area contributed by atoms with E-state index in [0.29, 0.717) is 6.54 Å². The third-order valence-corrected chi connectivity index (χ3v) is 5.12. The third-order valence-electron chi connectivity index (χ3n) is 5.12. The second kappa shape index (κ2) is 10.7. The summed E-state index contributed by atoms with van der Waals surface area (Å²) in [6.45, 7) is 15.1. The van der Waals surface area contributed by atoms with Gasteiger partial charge in [-0.05, 0) is 59.8 Å². The van der Waals surface area contributed by atoms with Crippen molar-refractivity contribution in [1.29, 1.82) is 0 Å². The van der Waals surface area contributed by atoms with Crippen molar-refractivity contribution in [2.24, 2.45) is 10.9 Å². The highest BCUT2D eigenvalue weighted by molar-refractivity contribution is 14.0. The summed E-state index contributed by atoms with van der Waals surface area (Å²) < 4.78 is 5.43. The van der Waals surface area contributed by atoms with Crippen LogP contribution in [0.3, 0.4) is 0 Å². The highest BCUT2D eigenvalue weighted by Crippen LogP contribution is 2.24. The van der Waals surface area contributed by atoms with E-state index in [0.717, 1.165) is 64.0 Å². The number of rotatable bonds is 5. The second-order valence-electron chi connectivity index (χ2n) is 8.11. The molecule has 0 aromatic carbocycles. The third kappa shape index (κ3) is 6.25. The summed E-state index contributed by atoms with van der Waals surface area (Å²) in [6.07, 6.45) is 3.39. The fourth-order valence-corrected chi connectivity index (χ4v) is 4.13. The molecule has 0 unspecified atom stereocenters. The van der Waals surface area contributed by atoms with E-state index in [2.05, 4.69) is 44.8 Å². The van der Waals surface area contributed by atoms with Crippen molar-refractivity contribution in [3.05, 3.63) is 0 Å². The van der Waals surface area contributed by atoms with Gasteiger partial charge in [-0.3, -0.25) is 9.79 Å². The average molecular weight is 480 g/mol. The minimum Gasteiger partial charge on any atom is -0.381 e. The van der Waals surface area contributed by atoms with Gasteiger partial charge >= 0.3 is 0 Å². The van der Waals surface area contributed by atoms with E-state index in [1.54, 1.807) is 0 Å². The number of carbonyl (C=O) groups excluding carboxylic acids is 1. The summed E-state index contributed by atoms with van der Waals surface area (Å²) >= 11 is 0. The van der Waals surface area contributed by atoms with Crippen LogP contribution in [0.4, 0.5) is 0 Å². The van der Waals surface area contributed by atoms with E-state index in [4.69, 9.17) is 9.73 Å². The second-order valence-corrected chi connectivity index (χ2v) is 8.11. The fourth-order valence-electron chi connectivity index (χ4n) is 4.13. The number of hydrogen-bond acceptors (Lipinski definition) is 3. The van der Waals surface area contributed by atoms with Gasteiger partial charge in [0, 0.05) is 38.9 Å². The summed E-state index contributed by atoms with van der Waals surface area (Å²) in [5.41, 5.74) is -0.194. The molecule has 1 amide bonds. The van der Waals surface area contributed by atoms with Crippen LogP contribution in [0.15, 0.2) is 4.99 Å². The van der Waals surface area contributed by atoms with Gasteiger partial charge in [0.2, 0.25) is 5.91 Å². The number of halogens is 1. The zero-order valence-electron chi connectivity index (χ0n) is 17.1. The van der Waals surface area contributed by atoms with Crippen LogP contribution in [-0.2, 0) is 9.53 Å². The number of ether oxygens (including phenoxy) is 1. The molecule has 26 heavy (non-hydrogen) atoms. The Bertz CT molecular complexity index is 476. The minimum atomic E-state index is -0.194. The lowest BCUT2D eigenvalue weighted by molar-refractivity contribution is -0.145. The van der Waals surface area contributed by atoms with E-state index in [-0.39, 0.29) is 41.5 Å². The molecule has 6 nitrogen and oxygen atoms in total. The molecule has 7 heteroatoms. The molecule has 0 aromatic heterocycles. The Kier molecular flexibility index (Phi) is 9.64. The number of aliphatic imine (C=N–C) groups is 1. The monoisotopic (exact) mass is 480 g/mol. The molecule has 2 heterocycles. The Balaban J connectivity index is 0.00000338. The molecular formula is C19H37IN4O2. The van der Waals surface area contributed by atoms with Crippen LogP contribution in [-0.4, -0.2) is 72.6 Å². The molecular weight excluding hydrogens is 443 g/mol. The number of amides is 1. The van der Waals surface area contributed by atoms with Gasteiger partial charge in [0.05, 0.1) is 12.1 Å². The summed E-state index contributed by atoms with van der Waals surface area (Å²) in [5.74, 6) is 1.77. The first kappa shape index (κ1) is 23.5. The summed E-state index contributed by atoms with van der Waals surface area (Å²) in [6, 6.07) is 0.220. The molecule has 0 radical (unpaired) electrons. The molecule has 0 aliphatic carbocycles. The molecule has 0 spiro atoms. The number of hydrogen-bond donors (Lipinski definition) is 1. The van der Waals surface area contributed by atoms with Gasteiger partial charge in [-0.2, -0.15) is 0 Å². The first-order valence-electron chi connectivity index (χ1n) is 9.78. The van der Waals surface area contributed by atoms with Crippen molar-refractivity contribution in [2.45, 2.75) is 65.5 Å². The number of guanidine groups is 1. The van der Waals surface area contributed by atoms with Gasteiger partial charge in [0.15, 0.2) is 5.96 Å². The summed E-state index contributed by atoms with van der Waals surface area (Å²) in [4.78, 5) is 21.6. The van der Waals surface area contributed by atoms with Crippen molar-refractivity contribution < 1.29 is 9.53 Å². The van der Waals surface area contributed by atoms with Crippen molar-refractivity contribution in [2.75, 3.05) is 39.4 Å². The van der Waals surface area contributed by atoms with Gasteiger partial charge in [0.25, 0.3) is 0 Å². The highest BCUT2D eigenvalue weighted by Gasteiger charge is 2.40. The van der Waals surface area contributed by atoms with Gasteiger partial charge in [-0.15, -0.1) is 24.0 Å². The van der Waals surface area contributed by atoms with Crippen molar-refractivity contribution in [1.82, 2.24) is 15.1 Å². The Labute approximate surface area is 176 Å². The van der Waals surface area contributed by atoms with Gasteiger partial charge in [-0.25, -0.2) is 0 Å². The zero-order chi connectivity index (χ0) is 18.4. The van der Waals surface area contributed by atoms with Crippen LogP contribution in [0.25, 0.3) is 0 Å². The van der Waals surface area contributed by atoms with Gasteiger partial charge in [0.1, 0.15) is 0 Å². The van der Waals surface area contributed by atoms with Crippen LogP contribution in [0.2, 0.25) is 0 Å². The largest absolute Gasteiger partial charge is 0.381 e. The molecule has 0 atom stereocenters. The number of nitrogens with zero attached hydrogens (tertiary/aromatic N) is 3. The Morgan fingerprint density at radius 1 is 1.35 bits per heavy atom. The average Bonchev–Trinajstić information content (AvgIpc) is 2.53. The number of carbonyl (C=O) groups is 1. The SMILES string of the molecule is CCNC(=NCCC1CCOCC1)N1CC(=O)N(C(C)C)C(C)(C)C1.I. The van der Waals surface area contributed by atoms with Gasteiger partial charge < -0.3 is 19.9 Å². The Morgan fingerprint density at radius 3 is 2.54 bits per heavy atom. The van der Waals surface area contributed by atoms with Crippen molar-refractivity contribution >= 4 is 35.8 Å². The van der Waals surface area contributed by atoms with Crippen molar-refractivity contribution in [3.63, 3.8) is 0 Å². The van der Waals surface area contributed by atoms with Gasteiger partial charge in [-0.1, -0.05) is 0 Å². The normalized spacial score (nSPS) is 21.8. The standard InChI is InChI=1S/C19H36N4O2.HI/c1-6-20-18(21-10-7-16-8-11-25-12-9-16)22-13-17(24)23(15(2)3)19(4,5)14-22;/h15-16H,6-14H2,1-5H3,(H,20,21);1H. The van der Waals surface area contributed by atoms with E-state index < -0.39 is 0 Å². The molecule has 1 N–H and O–H groups in total. The lowest BCUT2D eigenvalue weighted by Gasteiger charge is -2.49. The molecule has 0 aromatic rings. The Hall–Kier alpha value is -0.570. The first-order valence-corrected chi connectivity index (χ1v) is 9.78.